The molecular formula is C23H26N2O3. The Bertz CT molecular complexity index is 846. The van der Waals surface area contributed by atoms with Crippen LogP contribution in [0.1, 0.15) is 41.3 Å². The number of nitrogens with one attached hydrogen (secondary N) is 1. The van der Waals surface area contributed by atoms with Crippen LogP contribution in [0.3, 0.4) is 0 Å². The maximum absolute atomic E-state index is 12.4. The summed E-state index contributed by atoms with van der Waals surface area (Å²) in [5.41, 5.74) is 2.74. The van der Waals surface area contributed by atoms with E-state index >= 15 is 0 Å². The van der Waals surface area contributed by atoms with Gasteiger partial charge < -0.3 is 15.3 Å². The van der Waals surface area contributed by atoms with E-state index in [1.54, 1.807) is 17.0 Å². The molecule has 0 unspecified atom stereocenters. The van der Waals surface area contributed by atoms with E-state index in [-0.39, 0.29) is 36.4 Å². The van der Waals surface area contributed by atoms with Gasteiger partial charge in [0.15, 0.2) is 0 Å². The number of hydrogen-bond donors (Lipinski definition) is 2. The van der Waals surface area contributed by atoms with E-state index in [1.807, 2.05) is 61.5 Å². The van der Waals surface area contributed by atoms with Crippen LogP contribution in [0.25, 0.3) is 6.08 Å². The molecule has 0 spiro atoms. The summed E-state index contributed by atoms with van der Waals surface area (Å²) in [6, 6.07) is 16.7. The van der Waals surface area contributed by atoms with Gasteiger partial charge in [-0.2, -0.15) is 0 Å². The number of nitrogens with zero attached hydrogens (tertiary/aromatic N) is 1. The minimum absolute atomic E-state index is 0.0235. The normalized spacial score (nSPS) is 21.4. The summed E-state index contributed by atoms with van der Waals surface area (Å²) in [5, 5.41) is 12.8. The average molecular weight is 378 g/mol. The number of benzene rings is 2. The first-order valence-corrected chi connectivity index (χ1v) is 9.52. The number of amides is 2. The Morgan fingerprint density at radius 1 is 1.07 bits per heavy atom. The molecule has 0 aliphatic carbocycles. The van der Waals surface area contributed by atoms with Crippen molar-refractivity contribution < 1.29 is 14.7 Å². The van der Waals surface area contributed by atoms with Crippen molar-refractivity contribution in [3.63, 3.8) is 0 Å². The quantitative estimate of drug-likeness (QED) is 0.812. The van der Waals surface area contributed by atoms with E-state index in [2.05, 4.69) is 5.32 Å². The topological polar surface area (TPSA) is 69.6 Å². The van der Waals surface area contributed by atoms with E-state index in [4.69, 9.17) is 0 Å². The first kappa shape index (κ1) is 19.8. The molecule has 2 aromatic carbocycles. The lowest BCUT2D eigenvalue weighted by Gasteiger charge is -2.54. The molecule has 0 radical (unpaired) electrons. The fourth-order valence-electron chi connectivity index (χ4n) is 4.00. The number of aliphatic hydroxyl groups excluding tert-OH is 1. The summed E-state index contributed by atoms with van der Waals surface area (Å²) in [6.45, 7) is 3.70. The number of hydrogen-bond acceptors (Lipinski definition) is 3. The average Bonchev–Trinajstić information content (AvgIpc) is 2.69. The zero-order valence-corrected chi connectivity index (χ0v) is 16.2. The molecule has 5 nitrogen and oxygen atoms in total. The highest BCUT2D eigenvalue weighted by Gasteiger charge is 2.49. The first-order valence-electron chi connectivity index (χ1n) is 9.52. The number of allylic oxidation sites excluding steroid dienone is 1. The molecule has 0 saturated carbocycles. The zero-order valence-electron chi connectivity index (χ0n) is 16.2. The Balaban J connectivity index is 1.78. The third kappa shape index (κ3) is 3.99. The van der Waals surface area contributed by atoms with Gasteiger partial charge >= 0.3 is 0 Å². The van der Waals surface area contributed by atoms with E-state index in [1.165, 1.54) is 6.92 Å². The van der Waals surface area contributed by atoms with Crippen LogP contribution in [0.4, 0.5) is 0 Å². The highest BCUT2D eigenvalue weighted by molar-refractivity contribution is 5.94. The molecule has 3 rings (SSSR count). The lowest BCUT2D eigenvalue weighted by atomic mass is 9.75. The predicted molar refractivity (Wildman–Crippen MR) is 110 cm³/mol. The Labute approximate surface area is 165 Å². The van der Waals surface area contributed by atoms with Crippen LogP contribution < -0.4 is 5.32 Å². The van der Waals surface area contributed by atoms with Gasteiger partial charge in [0.2, 0.25) is 5.91 Å². The highest BCUT2D eigenvalue weighted by Crippen LogP contribution is 2.40. The first-order chi connectivity index (χ1) is 13.6. The molecule has 3 atom stereocenters. The van der Waals surface area contributed by atoms with Gasteiger partial charge in [-0.25, -0.2) is 0 Å². The van der Waals surface area contributed by atoms with Gasteiger partial charge in [-0.3, -0.25) is 9.59 Å². The number of rotatable bonds is 6. The number of aliphatic hydroxyl groups is 1. The van der Waals surface area contributed by atoms with Crippen molar-refractivity contribution in [3.8, 4) is 0 Å². The maximum Gasteiger partial charge on any atom is 0.251 e. The lowest BCUT2D eigenvalue weighted by molar-refractivity contribution is -0.147. The monoisotopic (exact) mass is 378 g/mol. The Morgan fingerprint density at radius 3 is 2.32 bits per heavy atom. The summed E-state index contributed by atoms with van der Waals surface area (Å²) in [7, 11) is 0. The van der Waals surface area contributed by atoms with Crippen LogP contribution in [0.2, 0.25) is 0 Å². The molecule has 0 aromatic heterocycles. The van der Waals surface area contributed by atoms with Crippen LogP contribution in [-0.4, -0.2) is 47.1 Å². The molecule has 1 aliphatic rings. The Morgan fingerprint density at radius 2 is 1.75 bits per heavy atom. The second-order valence-corrected chi connectivity index (χ2v) is 7.01. The van der Waals surface area contributed by atoms with Crippen molar-refractivity contribution in [1.29, 1.82) is 0 Å². The smallest absolute Gasteiger partial charge is 0.251 e. The molecule has 146 valence electrons. The summed E-state index contributed by atoms with van der Waals surface area (Å²) in [5.74, 6) is -0.289. The van der Waals surface area contributed by atoms with Crippen LogP contribution in [0.5, 0.6) is 0 Å². The molecule has 2 amide bonds. The molecule has 2 N–H and O–H groups in total. The van der Waals surface area contributed by atoms with Gasteiger partial charge in [0, 0.05) is 24.9 Å². The number of likely N-dealkylation sites (tertiary alicyclic amines) is 1. The third-order valence-electron chi connectivity index (χ3n) is 5.28. The second-order valence-electron chi connectivity index (χ2n) is 7.01. The van der Waals surface area contributed by atoms with Crippen molar-refractivity contribution in [2.75, 3.05) is 13.2 Å². The van der Waals surface area contributed by atoms with Crippen molar-refractivity contribution in [1.82, 2.24) is 10.2 Å². The van der Waals surface area contributed by atoms with Crippen molar-refractivity contribution >= 4 is 17.9 Å². The Hall–Kier alpha value is -2.92. The SMILES string of the molecule is C/C=C/c1ccc([C@H]2[C@H](CO)N(C(C)=O)[C@H]2CNC(=O)c2ccccc2)cc1. The van der Waals surface area contributed by atoms with Crippen LogP contribution in [0.15, 0.2) is 60.7 Å². The standard InChI is InChI=1S/C23H26N2O3/c1-3-7-17-10-12-18(13-11-17)22-20(25(16(2)27)21(22)15-26)14-24-23(28)19-8-5-4-6-9-19/h3-13,20-22,26H,14-15H2,1-2H3,(H,24,28)/b7-3+/t20-,21-,22+/m0/s1. The molecule has 1 aliphatic heterocycles. The van der Waals surface area contributed by atoms with E-state index in [9.17, 15) is 14.7 Å². The van der Waals surface area contributed by atoms with Gasteiger partial charge in [0.1, 0.15) is 0 Å². The molecular weight excluding hydrogens is 352 g/mol. The minimum Gasteiger partial charge on any atom is -0.394 e. The second kappa shape index (κ2) is 8.85. The molecule has 28 heavy (non-hydrogen) atoms. The molecule has 0 bridgehead atoms. The van der Waals surface area contributed by atoms with Crippen LogP contribution in [0, 0.1) is 0 Å². The predicted octanol–water partition coefficient (Wildman–Crippen LogP) is 2.82. The molecule has 2 aromatic rings. The fraction of sp³-hybridized carbons (Fsp3) is 0.304. The van der Waals surface area contributed by atoms with Gasteiger partial charge in [0.25, 0.3) is 5.91 Å². The lowest BCUT2D eigenvalue weighted by Crippen LogP contribution is -2.68. The van der Waals surface area contributed by atoms with Gasteiger partial charge in [-0.1, -0.05) is 54.6 Å². The van der Waals surface area contributed by atoms with Crippen LogP contribution in [-0.2, 0) is 4.79 Å². The zero-order chi connectivity index (χ0) is 20.1. The Kier molecular flexibility index (Phi) is 6.26. The number of carbonyl (C=O) groups excluding carboxylic acids is 2. The maximum atomic E-state index is 12.4. The van der Waals surface area contributed by atoms with Gasteiger partial charge in [-0.15, -0.1) is 0 Å². The summed E-state index contributed by atoms with van der Waals surface area (Å²) >= 11 is 0. The van der Waals surface area contributed by atoms with Crippen LogP contribution >= 0.6 is 0 Å². The molecule has 1 heterocycles. The molecule has 1 saturated heterocycles. The van der Waals surface area contributed by atoms with Gasteiger partial charge in [-0.05, 0) is 30.2 Å². The van der Waals surface area contributed by atoms with Crippen molar-refractivity contribution in [2.45, 2.75) is 31.8 Å². The van der Waals surface area contributed by atoms with Crippen molar-refractivity contribution in [3.05, 3.63) is 77.4 Å². The third-order valence-corrected chi connectivity index (χ3v) is 5.28. The fourth-order valence-corrected chi connectivity index (χ4v) is 4.00. The van der Waals surface area contributed by atoms with E-state index < -0.39 is 0 Å². The van der Waals surface area contributed by atoms with E-state index in [0.717, 1.165) is 11.1 Å². The molecule has 5 heteroatoms. The largest absolute Gasteiger partial charge is 0.394 e. The van der Waals surface area contributed by atoms with E-state index in [0.29, 0.717) is 12.1 Å². The highest BCUT2D eigenvalue weighted by atomic mass is 16.3. The number of carbonyl (C=O) groups is 2. The summed E-state index contributed by atoms with van der Waals surface area (Å²) < 4.78 is 0. The van der Waals surface area contributed by atoms with Gasteiger partial charge in [0.05, 0.1) is 18.7 Å². The summed E-state index contributed by atoms with van der Waals surface area (Å²) in [4.78, 5) is 26.2. The summed E-state index contributed by atoms with van der Waals surface area (Å²) in [6.07, 6.45) is 4.00. The minimum atomic E-state index is -0.274. The molecule has 1 fully saturated rings. The van der Waals surface area contributed by atoms with Crippen molar-refractivity contribution in [2.24, 2.45) is 0 Å².